The van der Waals surface area contributed by atoms with E-state index in [9.17, 15) is 9.59 Å². The molecular formula is C8H16O7. The molecule has 0 heterocycles. The van der Waals surface area contributed by atoms with E-state index in [1.165, 1.54) is 14.2 Å². The average molecular weight is 224 g/mol. The first-order valence-electron chi connectivity index (χ1n) is 4.05. The molecule has 0 aliphatic carbocycles. The minimum Gasteiger partial charge on any atom is -0.467 e. The van der Waals surface area contributed by atoms with Crippen LogP contribution in [0.1, 0.15) is 0 Å². The predicted octanol–water partition coefficient (Wildman–Crippen LogP) is -1.68. The van der Waals surface area contributed by atoms with E-state index >= 15 is 0 Å². The maximum Gasteiger partial charge on any atom is 0.331 e. The van der Waals surface area contributed by atoms with Gasteiger partial charge in [-0.25, -0.2) is 9.59 Å². The van der Waals surface area contributed by atoms with Crippen LogP contribution in [0.5, 0.6) is 0 Å². The summed E-state index contributed by atoms with van der Waals surface area (Å²) in [5.74, 6) is -1.04. The SMILES string of the molecule is COC(=O)COCC(=O)OC.OCCO. The van der Waals surface area contributed by atoms with Crippen LogP contribution in [0.3, 0.4) is 0 Å². The van der Waals surface area contributed by atoms with Gasteiger partial charge in [0.1, 0.15) is 13.2 Å². The van der Waals surface area contributed by atoms with Crippen molar-refractivity contribution >= 4 is 11.9 Å². The van der Waals surface area contributed by atoms with E-state index < -0.39 is 11.9 Å². The zero-order chi connectivity index (χ0) is 12.1. The van der Waals surface area contributed by atoms with E-state index in [0.29, 0.717) is 0 Å². The van der Waals surface area contributed by atoms with Crippen molar-refractivity contribution in [3.05, 3.63) is 0 Å². The maximum atomic E-state index is 10.4. The molecule has 0 amide bonds. The standard InChI is InChI=1S/C6H10O5.C2H6O2/c1-9-5(7)3-11-4-6(8)10-2;3-1-2-4/h3-4H2,1-2H3;3-4H,1-2H2. The fourth-order valence-corrected chi connectivity index (χ4v) is 0.336. The summed E-state index contributed by atoms with van der Waals surface area (Å²) in [4.78, 5) is 20.8. The molecule has 0 bridgehead atoms. The fourth-order valence-electron chi connectivity index (χ4n) is 0.336. The Balaban J connectivity index is 0. The van der Waals surface area contributed by atoms with Gasteiger partial charge in [0.05, 0.1) is 27.4 Å². The number of ether oxygens (including phenoxy) is 3. The molecule has 0 aliphatic heterocycles. The topological polar surface area (TPSA) is 102 Å². The summed E-state index contributed by atoms with van der Waals surface area (Å²) in [5, 5.41) is 15.2. The van der Waals surface area contributed by atoms with Crippen molar-refractivity contribution in [1.29, 1.82) is 0 Å². The van der Waals surface area contributed by atoms with Gasteiger partial charge in [0.25, 0.3) is 0 Å². The highest BCUT2D eigenvalue weighted by atomic mass is 16.6. The summed E-state index contributed by atoms with van der Waals surface area (Å²) in [6.07, 6.45) is 0. The number of hydrogen-bond acceptors (Lipinski definition) is 7. The second-order valence-electron chi connectivity index (χ2n) is 2.09. The van der Waals surface area contributed by atoms with Crippen LogP contribution < -0.4 is 0 Å². The lowest BCUT2D eigenvalue weighted by atomic mass is 10.7. The summed E-state index contributed by atoms with van der Waals surface area (Å²) in [6.45, 7) is -0.711. The molecule has 7 heteroatoms. The van der Waals surface area contributed by atoms with Crippen LogP contribution in [0.4, 0.5) is 0 Å². The van der Waals surface area contributed by atoms with E-state index in [2.05, 4.69) is 14.2 Å². The van der Waals surface area contributed by atoms with Crippen molar-refractivity contribution in [2.24, 2.45) is 0 Å². The van der Waals surface area contributed by atoms with Crippen LogP contribution in [-0.4, -0.2) is 62.8 Å². The van der Waals surface area contributed by atoms with E-state index in [1.54, 1.807) is 0 Å². The van der Waals surface area contributed by atoms with Crippen molar-refractivity contribution in [3.63, 3.8) is 0 Å². The Morgan fingerprint density at radius 2 is 1.27 bits per heavy atom. The molecule has 0 atom stereocenters. The highest BCUT2D eigenvalue weighted by molar-refractivity contribution is 5.72. The van der Waals surface area contributed by atoms with E-state index in [1.807, 2.05) is 0 Å². The van der Waals surface area contributed by atoms with Crippen molar-refractivity contribution in [1.82, 2.24) is 0 Å². The lowest BCUT2D eigenvalue weighted by Gasteiger charge is -2.00. The molecule has 0 aliphatic rings. The third kappa shape index (κ3) is 15.6. The summed E-state index contributed by atoms with van der Waals surface area (Å²) >= 11 is 0. The van der Waals surface area contributed by atoms with Gasteiger partial charge in [-0.15, -0.1) is 0 Å². The Morgan fingerprint density at radius 1 is 0.933 bits per heavy atom. The van der Waals surface area contributed by atoms with Crippen LogP contribution in [0.2, 0.25) is 0 Å². The average Bonchev–Trinajstić information content (AvgIpc) is 2.28. The minimum atomic E-state index is -0.520. The van der Waals surface area contributed by atoms with Gasteiger partial charge >= 0.3 is 11.9 Å². The van der Waals surface area contributed by atoms with E-state index in [-0.39, 0.29) is 26.4 Å². The third-order valence-electron chi connectivity index (χ3n) is 0.995. The Morgan fingerprint density at radius 3 is 1.47 bits per heavy atom. The first kappa shape index (κ1) is 16.3. The molecule has 0 spiro atoms. The Kier molecular flexibility index (Phi) is 13.9. The lowest BCUT2D eigenvalue weighted by molar-refractivity contribution is -0.152. The second kappa shape index (κ2) is 12.8. The van der Waals surface area contributed by atoms with Gasteiger partial charge in [0.15, 0.2) is 0 Å². The number of rotatable bonds is 5. The Labute approximate surface area is 87.6 Å². The van der Waals surface area contributed by atoms with Crippen LogP contribution in [-0.2, 0) is 23.8 Å². The lowest BCUT2D eigenvalue weighted by Crippen LogP contribution is -2.16. The first-order valence-corrected chi connectivity index (χ1v) is 4.05. The van der Waals surface area contributed by atoms with Crippen LogP contribution in [0, 0.1) is 0 Å². The zero-order valence-corrected chi connectivity index (χ0v) is 8.76. The molecule has 0 saturated heterocycles. The molecule has 0 aromatic heterocycles. The number of aliphatic hydroxyl groups is 2. The molecule has 2 N–H and O–H groups in total. The number of methoxy groups -OCH3 is 2. The van der Waals surface area contributed by atoms with Gasteiger partial charge in [0.2, 0.25) is 0 Å². The molecule has 0 aromatic rings. The van der Waals surface area contributed by atoms with E-state index in [4.69, 9.17) is 10.2 Å². The van der Waals surface area contributed by atoms with Gasteiger partial charge in [-0.1, -0.05) is 0 Å². The second-order valence-corrected chi connectivity index (χ2v) is 2.09. The minimum absolute atomic E-state index is 0.125. The van der Waals surface area contributed by atoms with Crippen molar-refractivity contribution in [3.8, 4) is 0 Å². The largest absolute Gasteiger partial charge is 0.467 e. The summed E-state index contributed by atoms with van der Waals surface area (Å²) in [5.41, 5.74) is 0. The third-order valence-corrected chi connectivity index (χ3v) is 0.995. The molecule has 0 unspecified atom stereocenters. The highest BCUT2D eigenvalue weighted by Gasteiger charge is 2.03. The Bertz CT molecular complexity index is 150. The molecule has 0 aromatic carbocycles. The summed E-state index contributed by atoms with van der Waals surface area (Å²) in [6, 6.07) is 0. The quantitative estimate of drug-likeness (QED) is 0.537. The highest BCUT2D eigenvalue weighted by Crippen LogP contribution is 1.80. The van der Waals surface area contributed by atoms with Gasteiger partial charge < -0.3 is 24.4 Å². The van der Waals surface area contributed by atoms with Crippen LogP contribution >= 0.6 is 0 Å². The monoisotopic (exact) mass is 224 g/mol. The molecule has 90 valence electrons. The molecule has 0 fully saturated rings. The molecule has 7 nitrogen and oxygen atoms in total. The van der Waals surface area contributed by atoms with Crippen LogP contribution in [0.25, 0.3) is 0 Å². The van der Waals surface area contributed by atoms with Gasteiger partial charge in [0, 0.05) is 0 Å². The fraction of sp³-hybridized carbons (Fsp3) is 0.750. The van der Waals surface area contributed by atoms with Crippen LogP contribution in [0.15, 0.2) is 0 Å². The molecule has 0 saturated carbocycles. The first-order chi connectivity index (χ1) is 7.12. The summed E-state index contributed by atoms with van der Waals surface area (Å²) in [7, 11) is 2.48. The normalized spacial score (nSPS) is 8.53. The maximum absolute atomic E-state index is 10.4. The van der Waals surface area contributed by atoms with Gasteiger partial charge in [-0.2, -0.15) is 0 Å². The van der Waals surface area contributed by atoms with Crippen molar-refractivity contribution in [2.45, 2.75) is 0 Å². The van der Waals surface area contributed by atoms with Gasteiger partial charge in [-0.3, -0.25) is 0 Å². The smallest absolute Gasteiger partial charge is 0.331 e. The van der Waals surface area contributed by atoms with Crippen molar-refractivity contribution in [2.75, 3.05) is 40.6 Å². The van der Waals surface area contributed by atoms with E-state index in [0.717, 1.165) is 0 Å². The van der Waals surface area contributed by atoms with Crippen molar-refractivity contribution < 1.29 is 34.0 Å². The molecular weight excluding hydrogens is 208 g/mol. The number of esters is 2. The number of aliphatic hydroxyl groups excluding tert-OH is 2. The number of hydrogen-bond donors (Lipinski definition) is 2. The molecule has 15 heavy (non-hydrogen) atoms. The number of carbonyl (C=O) groups excluding carboxylic acids is 2. The summed E-state index contributed by atoms with van der Waals surface area (Å²) < 4.78 is 13.1. The van der Waals surface area contributed by atoms with Gasteiger partial charge in [-0.05, 0) is 0 Å². The Hall–Kier alpha value is -1.18. The zero-order valence-electron chi connectivity index (χ0n) is 8.76. The number of carbonyl (C=O) groups is 2. The predicted molar refractivity (Wildman–Crippen MR) is 49.0 cm³/mol. The molecule has 0 rings (SSSR count). The molecule has 0 radical (unpaired) electrons.